The van der Waals surface area contributed by atoms with E-state index in [4.69, 9.17) is 4.74 Å². The van der Waals surface area contributed by atoms with E-state index in [1.54, 1.807) is 6.21 Å². The Morgan fingerprint density at radius 1 is 1.07 bits per heavy atom. The van der Waals surface area contributed by atoms with Gasteiger partial charge in [0.1, 0.15) is 5.75 Å². The third-order valence-corrected chi connectivity index (χ3v) is 4.97. The van der Waals surface area contributed by atoms with E-state index in [1.807, 2.05) is 24.3 Å². The van der Waals surface area contributed by atoms with Gasteiger partial charge in [0, 0.05) is 18.8 Å². The second kappa shape index (κ2) is 11.9. The number of nitrogens with zero attached hydrogens (tertiary/aromatic N) is 2. The van der Waals surface area contributed by atoms with Gasteiger partial charge in [0.05, 0.1) is 6.21 Å². The largest absolute Gasteiger partial charge is 0.484 e. The monoisotopic (exact) mass is 395 g/mol. The van der Waals surface area contributed by atoms with Crippen LogP contribution in [0.25, 0.3) is 0 Å². The number of hydrogen-bond acceptors (Lipinski definition) is 4. The molecule has 0 heterocycles. The maximum Gasteiger partial charge on any atom is 0.277 e. The summed E-state index contributed by atoms with van der Waals surface area (Å²) < 4.78 is 5.54. The Balaban J connectivity index is 1.78. The Hall–Kier alpha value is -2.82. The van der Waals surface area contributed by atoms with E-state index in [0.717, 1.165) is 18.7 Å². The quantitative estimate of drug-likeness (QED) is 0.432. The second-order valence-electron chi connectivity index (χ2n) is 7.10. The lowest BCUT2D eigenvalue weighted by Crippen LogP contribution is -2.24. The van der Waals surface area contributed by atoms with Gasteiger partial charge in [-0.05, 0) is 61.6 Å². The van der Waals surface area contributed by atoms with E-state index in [2.05, 4.69) is 67.4 Å². The summed E-state index contributed by atoms with van der Waals surface area (Å²) in [5.41, 5.74) is 5.90. The first-order valence-electron chi connectivity index (χ1n) is 10.5. The second-order valence-corrected chi connectivity index (χ2v) is 7.10. The van der Waals surface area contributed by atoms with Gasteiger partial charge in [0.25, 0.3) is 5.91 Å². The first-order chi connectivity index (χ1) is 14.1. The van der Waals surface area contributed by atoms with Crippen LogP contribution in [-0.4, -0.2) is 31.8 Å². The molecule has 1 amide bonds. The number of hydrogen-bond donors (Lipinski definition) is 1. The van der Waals surface area contributed by atoms with Crippen LogP contribution in [0.3, 0.4) is 0 Å². The Labute approximate surface area is 174 Å². The Bertz CT molecular complexity index is 766. The number of rotatable bonds is 11. The van der Waals surface area contributed by atoms with Gasteiger partial charge >= 0.3 is 0 Å². The smallest absolute Gasteiger partial charge is 0.277 e. The number of amides is 1. The Morgan fingerprint density at radius 3 is 2.31 bits per heavy atom. The van der Waals surface area contributed by atoms with E-state index < -0.39 is 0 Å². The van der Waals surface area contributed by atoms with Crippen molar-refractivity contribution in [1.82, 2.24) is 5.43 Å². The highest BCUT2D eigenvalue weighted by Crippen LogP contribution is 2.22. The summed E-state index contributed by atoms with van der Waals surface area (Å²) in [7, 11) is 0. The van der Waals surface area contributed by atoms with Gasteiger partial charge in [-0.3, -0.25) is 4.79 Å². The number of benzene rings is 2. The lowest BCUT2D eigenvalue weighted by Gasteiger charge is -2.20. The maximum absolute atomic E-state index is 11.9. The molecule has 29 heavy (non-hydrogen) atoms. The fourth-order valence-electron chi connectivity index (χ4n) is 3.21. The average molecular weight is 396 g/mol. The molecule has 1 unspecified atom stereocenters. The molecule has 156 valence electrons. The third-order valence-electron chi connectivity index (χ3n) is 4.97. The molecule has 0 saturated heterocycles. The zero-order chi connectivity index (χ0) is 21.1. The predicted octanol–water partition coefficient (Wildman–Crippen LogP) is 4.97. The van der Waals surface area contributed by atoms with Gasteiger partial charge < -0.3 is 9.64 Å². The van der Waals surface area contributed by atoms with Crippen LogP contribution < -0.4 is 15.1 Å². The summed E-state index contributed by atoms with van der Waals surface area (Å²) in [5, 5.41) is 4.01. The molecule has 5 heteroatoms. The number of carbonyl (C=O) groups is 1. The van der Waals surface area contributed by atoms with Gasteiger partial charge in [0.15, 0.2) is 6.61 Å². The molecule has 0 fully saturated rings. The number of nitrogens with one attached hydrogen (secondary N) is 1. The molecular formula is C24H33N3O2. The summed E-state index contributed by atoms with van der Waals surface area (Å²) in [4.78, 5) is 14.2. The highest BCUT2D eigenvalue weighted by Gasteiger charge is 2.06. The summed E-state index contributed by atoms with van der Waals surface area (Å²) in [5.74, 6) is 0.931. The maximum atomic E-state index is 11.9. The van der Waals surface area contributed by atoms with Crippen molar-refractivity contribution in [3.05, 3.63) is 59.7 Å². The fourth-order valence-corrected chi connectivity index (χ4v) is 3.21. The van der Waals surface area contributed by atoms with Gasteiger partial charge in [0.2, 0.25) is 0 Å². The fraction of sp³-hybridized carbons (Fsp3) is 0.417. The van der Waals surface area contributed by atoms with Crippen LogP contribution in [0, 0.1) is 0 Å². The molecule has 5 nitrogen and oxygen atoms in total. The normalized spacial score (nSPS) is 12.0. The third kappa shape index (κ3) is 7.26. The summed E-state index contributed by atoms with van der Waals surface area (Å²) in [6.07, 6.45) is 3.97. The standard InChI is InChI=1S/C24H33N3O2/c1-5-8-19(4)21-11-15-23(16-12-21)29-18-24(28)26-25-17-20-9-13-22(14-10-20)27(6-2)7-3/h9-17,19H,5-8,18H2,1-4H3,(H,26,28). The van der Waals surface area contributed by atoms with Gasteiger partial charge in [-0.15, -0.1) is 0 Å². The molecule has 0 saturated carbocycles. The van der Waals surface area contributed by atoms with Crippen LogP contribution in [0.5, 0.6) is 5.75 Å². The van der Waals surface area contributed by atoms with Crippen LogP contribution in [0.2, 0.25) is 0 Å². The van der Waals surface area contributed by atoms with Crippen molar-refractivity contribution in [2.24, 2.45) is 5.10 Å². The van der Waals surface area contributed by atoms with Crippen molar-refractivity contribution in [2.75, 3.05) is 24.6 Å². The van der Waals surface area contributed by atoms with Crippen LogP contribution in [0.4, 0.5) is 5.69 Å². The molecule has 0 spiro atoms. The van der Waals surface area contributed by atoms with Crippen molar-refractivity contribution in [2.45, 2.75) is 46.5 Å². The molecule has 2 rings (SSSR count). The molecular weight excluding hydrogens is 362 g/mol. The molecule has 0 bridgehead atoms. The highest BCUT2D eigenvalue weighted by molar-refractivity contribution is 5.83. The summed E-state index contributed by atoms with van der Waals surface area (Å²) in [6.45, 7) is 10.6. The molecule has 1 N–H and O–H groups in total. The number of anilines is 1. The molecule has 2 aromatic carbocycles. The Morgan fingerprint density at radius 2 is 1.72 bits per heavy atom. The van der Waals surface area contributed by atoms with Crippen molar-refractivity contribution in [3.8, 4) is 5.75 Å². The molecule has 0 aromatic heterocycles. The van der Waals surface area contributed by atoms with E-state index in [0.29, 0.717) is 11.7 Å². The van der Waals surface area contributed by atoms with Gasteiger partial charge in [-0.25, -0.2) is 5.43 Å². The van der Waals surface area contributed by atoms with Crippen LogP contribution in [-0.2, 0) is 4.79 Å². The van der Waals surface area contributed by atoms with Gasteiger partial charge in [-0.2, -0.15) is 5.10 Å². The van der Waals surface area contributed by atoms with E-state index in [-0.39, 0.29) is 12.5 Å². The topological polar surface area (TPSA) is 53.9 Å². The van der Waals surface area contributed by atoms with Crippen molar-refractivity contribution >= 4 is 17.8 Å². The van der Waals surface area contributed by atoms with E-state index in [1.165, 1.54) is 24.1 Å². The Kier molecular flexibility index (Phi) is 9.22. The number of carbonyl (C=O) groups excluding carboxylic acids is 1. The summed E-state index contributed by atoms with van der Waals surface area (Å²) >= 11 is 0. The molecule has 1 atom stereocenters. The van der Waals surface area contributed by atoms with Crippen LogP contribution in [0.1, 0.15) is 57.6 Å². The van der Waals surface area contributed by atoms with Crippen LogP contribution in [0.15, 0.2) is 53.6 Å². The first kappa shape index (κ1) is 22.5. The molecule has 0 aliphatic rings. The average Bonchev–Trinajstić information content (AvgIpc) is 2.75. The minimum atomic E-state index is -0.288. The van der Waals surface area contributed by atoms with Crippen molar-refractivity contribution in [1.29, 1.82) is 0 Å². The summed E-state index contributed by atoms with van der Waals surface area (Å²) in [6, 6.07) is 16.0. The molecule has 0 aliphatic carbocycles. The predicted molar refractivity (Wildman–Crippen MR) is 121 cm³/mol. The molecule has 0 aliphatic heterocycles. The first-order valence-corrected chi connectivity index (χ1v) is 10.5. The van der Waals surface area contributed by atoms with Crippen LogP contribution >= 0.6 is 0 Å². The number of hydrazone groups is 1. The lowest BCUT2D eigenvalue weighted by molar-refractivity contribution is -0.123. The van der Waals surface area contributed by atoms with Crippen molar-refractivity contribution < 1.29 is 9.53 Å². The zero-order valence-electron chi connectivity index (χ0n) is 18.0. The highest BCUT2D eigenvalue weighted by atomic mass is 16.5. The molecule has 2 aromatic rings. The SMILES string of the molecule is CCCC(C)c1ccc(OCC(=O)NN=Cc2ccc(N(CC)CC)cc2)cc1. The number of ether oxygens (including phenoxy) is 1. The minimum absolute atomic E-state index is 0.0674. The van der Waals surface area contributed by atoms with E-state index in [9.17, 15) is 4.79 Å². The zero-order valence-corrected chi connectivity index (χ0v) is 18.0. The van der Waals surface area contributed by atoms with Gasteiger partial charge in [-0.1, -0.05) is 44.5 Å². The minimum Gasteiger partial charge on any atom is -0.484 e. The van der Waals surface area contributed by atoms with Crippen molar-refractivity contribution in [3.63, 3.8) is 0 Å². The lowest BCUT2D eigenvalue weighted by atomic mass is 9.97. The molecule has 0 radical (unpaired) electrons. The van der Waals surface area contributed by atoms with E-state index >= 15 is 0 Å².